The summed E-state index contributed by atoms with van der Waals surface area (Å²) < 4.78 is 10.8. The number of nitrogens with zero attached hydrogens (tertiary/aromatic N) is 1. The van der Waals surface area contributed by atoms with E-state index in [4.69, 9.17) is 32.7 Å². The first kappa shape index (κ1) is 18.9. The van der Waals surface area contributed by atoms with Crippen molar-refractivity contribution in [3.05, 3.63) is 57.6 Å². The zero-order chi connectivity index (χ0) is 18.4. The van der Waals surface area contributed by atoms with Gasteiger partial charge in [0.2, 0.25) is 0 Å². The number of rotatable bonds is 7. The number of aliphatic carboxylic acids is 1. The molecule has 0 aliphatic heterocycles. The van der Waals surface area contributed by atoms with Crippen LogP contribution in [-0.2, 0) is 16.2 Å². The van der Waals surface area contributed by atoms with Crippen molar-refractivity contribution < 1.29 is 24.2 Å². The largest absolute Gasteiger partial charge is 0.494 e. The maximum absolute atomic E-state index is 11.4. The lowest BCUT2D eigenvalue weighted by Gasteiger charge is -2.12. The molecule has 132 valence electrons. The molecule has 0 bridgehead atoms. The highest BCUT2D eigenvalue weighted by atomic mass is 35.5. The number of hydrogen-bond acceptors (Lipinski definition) is 5. The quantitative estimate of drug-likeness (QED) is 0.577. The topological polar surface area (TPSA) is 77.4 Å². The molecular formula is C17H15Cl2NO5. The number of carboxylic acid groups (broad SMARTS) is 1. The lowest BCUT2D eigenvalue weighted by atomic mass is 10.0. The number of oxime groups is 1. The maximum Gasteiger partial charge on any atom is 0.358 e. The van der Waals surface area contributed by atoms with Crippen molar-refractivity contribution in [1.82, 2.24) is 0 Å². The molecule has 2 aromatic carbocycles. The smallest absolute Gasteiger partial charge is 0.358 e. The first-order valence-electron chi connectivity index (χ1n) is 7.06. The first-order chi connectivity index (χ1) is 12.0. The van der Waals surface area contributed by atoms with Gasteiger partial charge in [-0.05, 0) is 5.56 Å². The second-order valence-corrected chi connectivity index (χ2v) is 5.61. The Hall–Kier alpha value is -2.44. The normalized spacial score (nSPS) is 11.1. The minimum Gasteiger partial charge on any atom is -0.494 e. The Morgan fingerprint density at radius 2 is 1.80 bits per heavy atom. The standard InChI is InChI=1S/C17H15Cl2NO5/c1-23-16-13(18)7-11(8-14(16)19)25-9-10-5-3-4-6-12(10)15(17(21)22)20-24-2/h3-8H,9H2,1-2H3,(H,21,22)/b20-15+. The van der Waals surface area contributed by atoms with E-state index >= 15 is 0 Å². The number of benzene rings is 2. The van der Waals surface area contributed by atoms with Gasteiger partial charge in [-0.15, -0.1) is 0 Å². The van der Waals surface area contributed by atoms with Gasteiger partial charge < -0.3 is 19.4 Å². The van der Waals surface area contributed by atoms with Gasteiger partial charge in [0.1, 0.15) is 19.5 Å². The number of halogens is 2. The van der Waals surface area contributed by atoms with Crippen LogP contribution in [-0.4, -0.2) is 31.0 Å². The highest BCUT2D eigenvalue weighted by molar-refractivity contribution is 6.42. The Bertz CT molecular complexity index is 784. The van der Waals surface area contributed by atoms with Gasteiger partial charge in [-0.2, -0.15) is 0 Å². The Kier molecular flexibility index (Phi) is 6.50. The van der Waals surface area contributed by atoms with Gasteiger partial charge in [-0.1, -0.05) is 52.6 Å². The molecule has 0 radical (unpaired) electrons. The summed E-state index contributed by atoms with van der Waals surface area (Å²) in [4.78, 5) is 16.0. The molecule has 0 aromatic heterocycles. The van der Waals surface area contributed by atoms with Crippen LogP contribution in [0.1, 0.15) is 11.1 Å². The lowest BCUT2D eigenvalue weighted by molar-refractivity contribution is -0.129. The molecule has 0 fully saturated rings. The monoisotopic (exact) mass is 383 g/mol. The molecule has 0 amide bonds. The molecule has 0 aliphatic carbocycles. The Labute approximate surface area is 154 Å². The molecule has 1 N–H and O–H groups in total. The van der Waals surface area contributed by atoms with E-state index < -0.39 is 5.97 Å². The number of ether oxygens (including phenoxy) is 2. The summed E-state index contributed by atoms with van der Waals surface area (Å²) in [5, 5.41) is 13.5. The molecule has 0 atom stereocenters. The molecule has 25 heavy (non-hydrogen) atoms. The van der Waals surface area contributed by atoms with Gasteiger partial charge >= 0.3 is 5.97 Å². The fourth-order valence-electron chi connectivity index (χ4n) is 2.15. The van der Waals surface area contributed by atoms with Gasteiger partial charge in [-0.3, -0.25) is 0 Å². The molecule has 0 spiro atoms. The summed E-state index contributed by atoms with van der Waals surface area (Å²) in [6.45, 7) is 0.0885. The minimum absolute atomic E-state index is 0.0885. The van der Waals surface area contributed by atoms with Crippen molar-refractivity contribution >= 4 is 34.9 Å². The van der Waals surface area contributed by atoms with Gasteiger partial charge in [0.15, 0.2) is 11.5 Å². The SMILES string of the molecule is CO/N=C(/C(=O)O)c1ccccc1COc1cc(Cl)c(OC)c(Cl)c1. The predicted molar refractivity (Wildman–Crippen MR) is 95.0 cm³/mol. The highest BCUT2D eigenvalue weighted by Gasteiger charge is 2.18. The van der Waals surface area contributed by atoms with Crippen LogP contribution < -0.4 is 9.47 Å². The number of carboxylic acids is 1. The summed E-state index contributed by atoms with van der Waals surface area (Å²) >= 11 is 12.2. The van der Waals surface area contributed by atoms with Crippen molar-refractivity contribution in [2.45, 2.75) is 6.61 Å². The van der Waals surface area contributed by atoms with Crippen molar-refractivity contribution in [3.8, 4) is 11.5 Å². The molecular weight excluding hydrogens is 369 g/mol. The Morgan fingerprint density at radius 3 is 2.36 bits per heavy atom. The van der Waals surface area contributed by atoms with Crippen molar-refractivity contribution in [2.24, 2.45) is 5.16 Å². The van der Waals surface area contributed by atoms with Gasteiger partial charge in [0.25, 0.3) is 0 Å². The molecule has 0 saturated heterocycles. The van der Waals surface area contributed by atoms with Crippen molar-refractivity contribution in [3.63, 3.8) is 0 Å². The third kappa shape index (κ3) is 4.55. The second kappa shape index (κ2) is 8.60. The van der Waals surface area contributed by atoms with E-state index in [9.17, 15) is 9.90 Å². The van der Waals surface area contributed by atoms with Crippen LogP contribution in [0.2, 0.25) is 10.0 Å². The molecule has 0 aliphatic rings. The average molecular weight is 384 g/mol. The zero-order valence-corrected chi connectivity index (χ0v) is 15.0. The van der Waals surface area contributed by atoms with E-state index in [0.29, 0.717) is 32.7 Å². The van der Waals surface area contributed by atoms with Crippen LogP contribution in [0.4, 0.5) is 0 Å². The van der Waals surface area contributed by atoms with Gasteiger partial charge in [0, 0.05) is 17.7 Å². The number of hydrogen-bond donors (Lipinski definition) is 1. The van der Waals surface area contributed by atoms with E-state index in [1.807, 2.05) is 0 Å². The zero-order valence-electron chi connectivity index (χ0n) is 13.5. The van der Waals surface area contributed by atoms with Crippen LogP contribution in [0, 0.1) is 0 Å². The molecule has 2 rings (SSSR count). The summed E-state index contributed by atoms with van der Waals surface area (Å²) in [5.74, 6) is -0.424. The fourth-order valence-corrected chi connectivity index (χ4v) is 2.77. The van der Waals surface area contributed by atoms with E-state index in [1.54, 1.807) is 36.4 Å². The van der Waals surface area contributed by atoms with Gasteiger partial charge in [0.05, 0.1) is 17.2 Å². The van der Waals surface area contributed by atoms with Gasteiger partial charge in [-0.25, -0.2) is 4.79 Å². The van der Waals surface area contributed by atoms with Crippen molar-refractivity contribution in [1.29, 1.82) is 0 Å². The lowest BCUT2D eigenvalue weighted by Crippen LogP contribution is -2.17. The molecule has 0 unspecified atom stereocenters. The third-order valence-corrected chi connectivity index (χ3v) is 3.79. The van der Waals surface area contributed by atoms with E-state index in [0.717, 1.165) is 0 Å². The molecule has 0 heterocycles. The summed E-state index contributed by atoms with van der Waals surface area (Å²) in [5.41, 5.74) is 0.791. The third-order valence-electron chi connectivity index (χ3n) is 3.23. The number of methoxy groups -OCH3 is 1. The summed E-state index contributed by atoms with van der Waals surface area (Å²) in [6.07, 6.45) is 0. The van der Waals surface area contributed by atoms with Crippen LogP contribution in [0.25, 0.3) is 0 Å². The van der Waals surface area contributed by atoms with Crippen molar-refractivity contribution in [2.75, 3.05) is 14.2 Å². The fraction of sp³-hybridized carbons (Fsp3) is 0.176. The van der Waals surface area contributed by atoms with Crippen LogP contribution in [0.5, 0.6) is 11.5 Å². The summed E-state index contributed by atoms with van der Waals surface area (Å²) in [6, 6.07) is 9.96. The Balaban J connectivity index is 2.28. The van der Waals surface area contributed by atoms with Crippen LogP contribution in [0.15, 0.2) is 41.6 Å². The first-order valence-corrected chi connectivity index (χ1v) is 7.82. The predicted octanol–water partition coefficient (Wildman–Crippen LogP) is 4.02. The molecule has 2 aromatic rings. The average Bonchev–Trinajstić information content (AvgIpc) is 2.58. The molecule has 0 saturated carbocycles. The van der Waals surface area contributed by atoms with Crippen LogP contribution in [0.3, 0.4) is 0 Å². The second-order valence-electron chi connectivity index (χ2n) is 4.79. The van der Waals surface area contributed by atoms with E-state index in [2.05, 4.69) is 9.99 Å². The summed E-state index contributed by atoms with van der Waals surface area (Å²) in [7, 11) is 2.75. The van der Waals surface area contributed by atoms with E-state index in [-0.39, 0.29) is 12.3 Å². The van der Waals surface area contributed by atoms with Crippen LogP contribution >= 0.6 is 23.2 Å². The molecule has 8 heteroatoms. The number of carbonyl (C=O) groups is 1. The van der Waals surface area contributed by atoms with E-state index in [1.165, 1.54) is 14.2 Å². The molecule has 6 nitrogen and oxygen atoms in total. The minimum atomic E-state index is -1.20. The maximum atomic E-state index is 11.4. The Morgan fingerprint density at radius 1 is 1.16 bits per heavy atom. The highest BCUT2D eigenvalue weighted by Crippen LogP contribution is 2.36.